The molecule has 0 spiro atoms. The second-order valence-electron chi connectivity index (χ2n) is 5.71. The van der Waals surface area contributed by atoms with Crippen LogP contribution in [0.5, 0.6) is 0 Å². The van der Waals surface area contributed by atoms with Crippen molar-refractivity contribution in [1.82, 2.24) is 14.8 Å². The van der Waals surface area contributed by atoms with Gasteiger partial charge >= 0.3 is 12.0 Å². The number of carboxylic acids is 1. The van der Waals surface area contributed by atoms with Gasteiger partial charge in [0.1, 0.15) is 0 Å². The monoisotopic (exact) mass is 417 g/mol. The van der Waals surface area contributed by atoms with Crippen molar-refractivity contribution in [2.75, 3.05) is 16.4 Å². The second kappa shape index (κ2) is 7.57. The van der Waals surface area contributed by atoms with Crippen LogP contribution in [-0.4, -0.2) is 40.3 Å². The zero-order chi connectivity index (χ0) is 21.2. The molecule has 0 fully saturated rings. The summed E-state index contributed by atoms with van der Waals surface area (Å²) in [4.78, 5) is 26.7. The van der Waals surface area contributed by atoms with Crippen molar-refractivity contribution in [2.45, 2.75) is 4.90 Å². The average molecular weight is 417 g/mol. The van der Waals surface area contributed by atoms with E-state index in [9.17, 15) is 18.0 Å². The number of carboxylic acid groups (broad SMARTS) is 1. The van der Waals surface area contributed by atoms with Crippen LogP contribution in [0.1, 0.15) is 10.4 Å². The number of urea groups is 1. The molecule has 0 aliphatic heterocycles. The minimum atomic E-state index is -3.83. The number of primary sulfonamides is 1. The number of carbonyl (C=O) groups is 2. The standard InChI is InChI=1S/C16H15N7O5S/c17-14-20-15(21-16(26)19-10-3-1-9(2-4-10)13(24)25)22-23(14)11-5-7-12(8-6-11)29(18,27)28/h1-8H,(H,24,25)(H2,18,27,28)(H4,17,19,20,21,22,26). The smallest absolute Gasteiger partial charge is 0.335 e. The molecule has 7 N–H and O–H groups in total. The highest BCUT2D eigenvalue weighted by Crippen LogP contribution is 2.17. The number of sulfonamides is 1. The van der Waals surface area contributed by atoms with Crippen LogP contribution in [0.4, 0.5) is 22.4 Å². The van der Waals surface area contributed by atoms with Crippen molar-refractivity contribution in [3.8, 4) is 5.69 Å². The van der Waals surface area contributed by atoms with Gasteiger partial charge in [-0.05, 0) is 48.5 Å². The Morgan fingerprint density at radius 2 is 1.62 bits per heavy atom. The SMILES string of the molecule is Nc1nc(NC(=O)Nc2ccc(C(=O)O)cc2)nn1-c1ccc(S(N)(=O)=O)cc1. The summed E-state index contributed by atoms with van der Waals surface area (Å²) in [5, 5.41) is 22.8. The lowest BCUT2D eigenvalue weighted by molar-refractivity contribution is 0.0697. The topological polar surface area (TPSA) is 195 Å². The van der Waals surface area contributed by atoms with Gasteiger partial charge in [0.25, 0.3) is 5.95 Å². The van der Waals surface area contributed by atoms with Crippen LogP contribution in [0.15, 0.2) is 53.4 Å². The average Bonchev–Trinajstić information content (AvgIpc) is 3.01. The highest BCUT2D eigenvalue weighted by molar-refractivity contribution is 7.89. The molecule has 1 aromatic heterocycles. The third-order valence-electron chi connectivity index (χ3n) is 3.66. The zero-order valence-electron chi connectivity index (χ0n) is 14.6. The molecule has 0 atom stereocenters. The molecule has 12 nitrogen and oxygen atoms in total. The number of nitrogens with zero attached hydrogens (tertiary/aromatic N) is 3. The number of amides is 2. The number of hydrogen-bond acceptors (Lipinski definition) is 7. The Bertz CT molecular complexity index is 1170. The Balaban J connectivity index is 1.71. The fourth-order valence-electron chi connectivity index (χ4n) is 2.30. The molecular formula is C16H15N7O5S. The number of hydrogen-bond donors (Lipinski definition) is 5. The first-order valence-corrected chi connectivity index (χ1v) is 9.45. The number of nitrogens with two attached hydrogens (primary N) is 2. The van der Waals surface area contributed by atoms with Crippen LogP contribution in [-0.2, 0) is 10.0 Å². The highest BCUT2D eigenvalue weighted by atomic mass is 32.2. The minimum absolute atomic E-state index is 0.0468. The molecule has 29 heavy (non-hydrogen) atoms. The molecule has 2 aromatic carbocycles. The van der Waals surface area contributed by atoms with E-state index in [1.165, 1.54) is 53.2 Å². The van der Waals surface area contributed by atoms with Crippen molar-refractivity contribution in [3.05, 3.63) is 54.1 Å². The molecule has 13 heteroatoms. The number of aromatic carboxylic acids is 1. The highest BCUT2D eigenvalue weighted by Gasteiger charge is 2.13. The third kappa shape index (κ3) is 4.66. The molecule has 0 radical (unpaired) electrons. The van der Waals surface area contributed by atoms with E-state index in [0.29, 0.717) is 11.4 Å². The maximum Gasteiger partial charge on any atom is 0.335 e. The Labute approximate surface area is 164 Å². The Kier molecular flexibility index (Phi) is 5.16. The molecule has 0 bridgehead atoms. The molecule has 0 unspecified atom stereocenters. The minimum Gasteiger partial charge on any atom is -0.478 e. The molecule has 150 valence electrons. The Morgan fingerprint density at radius 3 is 2.17 bits per heavy atom. The first-order valence-electron chi connectivity index (χ1n) is 7.90. The van der Waals surface area contributed by atoms with E-state index in [0.717, 1.165) is 0 Å². The summed E-state index contributed by atoms with van der Waals surface area (Å²) in [7, 11) is -3.83. The van der Waals surface area contributed by atoms with E-state index in [1.54, 1.807) is 0 Å². The summed E-state index contributed by atoms with van der Waals surface area (Å²) >= 11 is 0. The molecular weight excluding hydrogens is 402 g/mol. The van der Waals surface area contributed by atoms with Gasteiger partial charge in [0.2, 0.25) is 16.0 Å². The molecule has 0 saturated heterocycles. The normalized spacial score (nSPS) is 11.1. The second-order valence-corrected chi connectivity index (χ2v) is 7.27. The molecule has 0 aliphatic rings. The number of rotatable bonds is 5. The zero-order valence-corrected chi connectivity index (χ0v) is 15.4. The van der Waals surface area contributed by atoms with Crippen LogP contribution in [0.3, 0.4) is 0 Å². The Morgan fingerprint density at radius 1 is 1.00 bits per heavy atom. The summed E-state index contributed by atoms with van der Waals surface area (Å²) in [5.41, 5.74) is 6.63. The lowest BCUT2D eigenvalue weighted by Gasteiger charge is -2.05. The van der Waals surface area contributed by atoms with E-state index < -0.39 is 22.0 Å². The number of anilines is 3. The van der Waals surface area contributed by atoms with Crippen molar-refractivity contribution < 1.29 is 23.1 Å². The molecule has 0 aliphatic carbocycles. The van der Waals surface area contributed by atoms with E-state index in [1.807, 2.05) is 0 Å². The largest absolute Gasteiger partial charge is 0.478 e. The summed E-state index contributed by atoms with van der Waals surface area (Å²) in [5.74, 6) is -1.23. The maximum absolute atomic E-state index is 12.1. The van der Waals surface area contributed by atoms with Crippen molar-refractivity contribution >= 4 is 39.6 Å². The fourth-order valence-corrected chi connectivity index (χ4v) is 2.82. The van der Waals surface area contributed by atoms with Gasteiger partial charge in [0.05, 0.1) is 16.1 Å². The maximum atomic E-state index is 12.1. The van der Waals surface area contributed by atoms with Crippen LogP contribution in [0.2, 0.25) is 0 Å². The summed E-state index contributed by atoms with van der Waals surface area (Å²) in [6.07, 6.45) is 0. The van der Waals surface area contributed by atoms with Gasteiger partial charge in [-0.1, -0.05) is 0 Å². The number of benzene rings is 2. The van der Waals surface area contributed by atoms with Gasteiger partial charge in [-0.3, -0.25) is 5.32 Å². The number of carbonyl (C=O) groups excluding carboxylic acids is 1. The summed E-state index contributed by atoms with van der Waals surface area (Å²) in [6, 6.07) is 10.3. The van der Waals surface area contributed by atoms with Gasteiger partial charge in [-0.2, -0.15) is 9.67 Å². The van der Waals surface area contributed by atoms with Gasteiger partial charge in [0.15, 0.2) is 0 Å². The third-order valence-corrected chi connectivity index (χ3v) is 4.59. The lowest BCUT2D eigenvalue weighted by atomic mass is 10.2. The van der Waals surface area contributed by atoms with Crippen LogP contribution in [0, 0.1) is 0 Å². The van der Waals surface area contributed by atoms with Crippen LogP contribution >= 0.6 is 0 Å². The predicted molar refractivity (Wildman–Crippen MR) is 103 cm³/mol. The van der Waals surface area contributed by atoms with E-state index in [2.05, 4.69) is 20.7 Å². The van der Waals surface area contributed by atoms with Gasteiger partial charge in [-0.25, -0.2) is 23.1 Å². The van der Waals surface area contributed by atoms with Crippen molar-refractivity contribution in [1.29, 1.82) is 0 Å². The van der Waals surface area contributed by atoms with Crippen LogP contribution < -0.4 is 21.5 Å². The lowest BCUT2D eigenvalue weighted by Crippen LogP contribution is -2.20. The Hall–Kier alpha value is -3.97. The van der Waals surface area contributed by atoms with Crippen LogP contribution in [0.25, 0.3) is 5.69 Å². The van der Waals surface area contributed by atoms with Crippen molar-refractivity contribution in [3.63, 3.8) is 0 Å². The number of nitrogen functional groups attached to an aromatic ring is 1. The molecule has 3 rings (SSSR count). The number of nitrogens with one attached hydrogen (secondary N) is 2. The van der Waals surface area contributed by atoms with Gasteiger partial charge in [-0.15, -0.1) is 5.10 Å². The van der Waals surface area contributed by atoms with Crippen molar-refractivity contribution in [2.24, 2.45) is 5.14 Å². The summed E-state index contributed by atoms with van der Waals surface area (Å²) < 4.78 is 23.8. The number of aromatic nitrogens is 3. The molecule has 3 aromatic rings. The van der Waals surface area contributed by atoms with Gasteiger partial charge in [0, 0.05) is 5.69 Å². The first kappa shape index (κ1) is 19.8. The molecule has 0 saturated carbocycles. The quantitative estimate of drug-likeness (QED) is 0.402. The fraction of sp³-hybridized carbons (Fsp3) is 0. The predicted octanol–water partition coefficient (Wildman–Crippen LogP) is 0.839. The molecule has 2 amide bonds. The summed E-state index contributed by atoms with van der Waals surface area (Å²) in [6.45, 7) is 0. The van der Waals surface area contributed by atoms with Gasteiger partial charge < -0.3 is 16.2 Å². The molecule has 1 heterocycles. The first-order chi connectivity index (χ1) is 13.6. The van der Waals surface area contributed by atoms with E-state index in [-0.39, 0.29) is 22.4 Å². The van der Waals surface area contributed by atoms with E-state index >= 15 is 0 Å². The van der Waals surface area contributed by atoms with E-state index in [4.69, 9.17) is 16.0 Å².